The van der Waals surface area contributed by atoms with Crippen LogP contribution in [-0.4, -0.2) is 22.2 Å². The van der Waals surface area contributed by atoms with Gasteiger partial charge in [0.25, 0.3) is 0 Å². The third-order valence-corrected chi connectivity index (χ3v) is 0.183. The number of carbonyl (C=O) groups is 2. The first-order valence-corrected chi connectivity index (χ1v) is 7.62. The van der Waals surface area contributed by atoms with Gasteiger partial charge in [0.1, 0.15) is 0 Å². The summed E-state index contributed by atoms with van der Waals surface area (Å²) in [7, 11) is 0. The van der Waals surface area contributed by atoms with E-state index in [9.17, 15) is 0 Å². The Morgan fingerprint density at radius 2 is 1.10 bits per heavy atom. The molecule has 0 aliphatic rings. The molecule has 0 bridgehead atoms. The number of hydrogen-bond donors (Lipinski definition) is 2. The van der Waals surface area contributed by atoms with Crippen LogP contribution in [0.25, 0.3) is 0 Å². The number of aliphatic carboxylic acids is 2. The SMILES string of the molecule is O=C(O)C(=O)O.[Cl][Lu]([Cl])[Cl]. The van der Waals surface area contributed by atoms with Gasteiger partial charge in [0.15, 0.2) is 0 Å². The Balaban J connectivity index is 0. The van der Waals surface area contributed by atoms with Gasteiger partial charge in [-0.25, -0.2) is 9.59 Å². The Bertz CT molecular complexity index is 111. The fourth-order valence-electron chi connectivity index (χ4n) is 0. The number of carboxylic acid groups (broad SMARTS) is 2. The van der Waals surface area contributed by atoms with Crippen LogP contribution < -0.4 is 0 Å². The molecule has 0 atom stereocenters. The summed E-state index contributed by atoms with van der Waals surface area (Å²) < 4.78 is 0. The number of halogens is 3. The van der Waals surface area contributed by atoms with Crippen LogP contribution in [-0.2, 0) is 9.59 Å². The Morgan fingerprint density at radius 3 is 1.10 bits per heavy atom. The molecule has 2 N–H and O–H groups in total. The first-order valence-electron chi connectivity index (χ1n) is 1.40. The third-order valence-electron chi connectivity index (χ3n) is 0.183. The van der Waals surface area contributed by atoms with Gasteiger partial charge in [-0.3, -0.25) is 0 Å². The van der Waals surface area contributed by atoms with Gasteiger partial charge in [-0.2, -0.15) is 0 Å². The van der Waals surface area contributed by atoms with Gasteiger partial charge >= 0.3 is 58.3 Å². The Kier molecular flexibility index (Phi) is 11.1. The quantitative estimate of drug-likeness (QED) is 0.628. The summed E-state index contributed by atoms with van der Waals surface area (Å²) in [6.07, 6.45) is 0. The van der Waals surface area contributed by atoms with Crippen LogP contribution in [0.5, 0.6) is 0 Å². The summed E-state index contributed by atoms with van der Waals surface area (Å²) in [5.74, 6) is -3.65. The average Bonchev–Trinajstić information content (AvgIpc) is 1.63. The summed E-state index contributed by atoms with van der Waals surface area (Å²) in [4.78, 5) is 18.2. The van der Waals surface area contributed by atoms with Crippen molar-refractivity contribution in [2.75, 3.05) is 0 Å². The molecule has 0 aliphatic heterocycles. The van der Waals surface area contributed by atoms with Crippen molar-refractivity contribution in [1.29, 1.82) is 0 Å². The Hall–Kier alpha value is 1.04. The molecule has 70 valence electrons. The first-order chi connectivity index (χ1) is 4.37. The molecule has 0 aliphatic carbocycles. The summed E-state index contributed by atoms with van der Waals surface area (Å²) in [5.41, 5.74) is 0. The van der Waals surface area contributed by atoms with E-state index < -0.39 is 38.6 Å². The van der Waals surface area contributed by atoms with Crippen LogP contribution in [0.1, 0.15) is 0 Å². The number of carboxylic acids is 2. The van der Waals surface area contributed by atoms with Crippen LogP contribution in [0.2, 0.25) is 0 Å². The normalized spacial score (nSPS) is 8.90. The third kappa shape index (κ3) is 23.0. The minimum atomic E-state index is -1.82. The molecule has 0 spiro atoms. The molecule has 0 saturated carbocycles. The molecule has 0 rings (SSSR count). The van der Waals surface area contributed by atoms with Crippen molar-refractivity contribution < 1.29 is 46.5 Å². The van der Waals surface area contributed by atoms with Gasteiger partial charge in [0.2, 0.25) is 0 Å². The van der Waals surface area contributed by atoms with Gasteiger partial charge in [0, 0.05) is 0 Å². The van der Waals surface area contributed by atoms with Crippen LogP contribution >= 0.6 is 19.7 Å². The second kappa shape index (κ2) is 8.14. The fourth-order valence-corrected chi connectivity index (χ4v) is 0. The zero-order valence-corrected chi connectivity index (χ0v) is 8.03. The van der Waals surface area contributed by atoms with Crippen molar-refractivity contribution in [3.8, 4) is 0 Å². The maximum absolute atomic E-state index is 9.10. The van der Waals surface area contributed by atoms with Gasteiger partial charge in [0.05, 0.1) is 0 Å². The van der Waals surface area contributed by atoms with E-state index in [0.717, 1.165) is 0 Å². The summed E-state index contributed by atoms with van der Waals surface area (Å²) in [6.45, 7) is 14.7. The molecule has 4 nitrogen and oxygen atoms in total. The van der Waals surface area contributed by atoms with Crippen molar-refractivity contribution in [2.24, 2.45) is 0 Å². The molecule has 0 aromatic heterocycles. The van der Waals surface area contributed by atoms with E-state index in [4.69, 9.17) is 39.5 Å². The molecule has 0 heterocycles. The molecular formula is C2H2Cl3LuO4. The average molecular weight is 371 g/mol. The summed E-state index contributed by atoms with van der Waals surface area (Å²) in [5, 5.41) is 14.8. The Labute approximate surface area is 77.0 Å². The van der Waals surface area contributed by atoms with Crippen molar-refractivity contribution in [3.05, 3.63) is 0 Å². The predicted octanol–water partition coefficient (Wildman–Crippen LogP) is 1.22. The van der Waals surface area contributed by atoms with E-state index in [1.807, 2.05) is 0 Å². The summed E-state index contributed by atoms with van der Waals surface area (Å²) >= 11 is -1.53. The molecule has 0 radical (unpaired) electrons. The van der Waals surface area contributed by atoms with Crippen molar-refractivity contribution in [2.45, 2.75) is 0 Å². The van der Waals surface area contributed by atoms with E-state index in [-0.39, 0.29) is 0 Å². The zero-order valence-electron chi connectivity index (χ0n) is 4.10. The van der Waals surface area contributed by atoms with E-state index >= 15 is 0 Å². The molecule has 10 heavy (non-hydrogen) atoms. The topological polar surface area (TPSA) is 74.6 Å². The van der Waals surface area contributed by atoms with Crippen LogP contribution in [0.15, 0.2) is 0 Å². The Morgan fingerprint density at radius 1 is 1.00 bits per heavy atom. The van der Waals surface area contributed by atoms with Gasteiger partial charge in [-0.15, -0.1) is 0 Å². The van der Waals surface area contributed by atoms with Crippen LogP contribution in [0.4, 0.5) is 0 Å². The van der Waals surface area contributed by atoms with Crippen molar-refractivity contribution in [3.63, 3.8) is 0 Å². The molecular weight excluding hydrogens is 369 g/mol. The predicted molar refractivity (Wildman–Crippen MR) is 32.8 cm³/mol. The van der Waals surface area contributed by atoms with E-state index in [0.29, 0.717) is 0 Å². The minimum absolute atomic E-state index is 1.53. The molecule has 0 amide bonds. The van der Waals surface area contributed by atoms with Crippen molar-refractivity contribution >= 4 is 31.6 Å². The second-order valence-corrected chi connectivity index (χ2v) is 8.00. The number of rotatable bonds is 0. The van der Waals surface area contributed by atoms with E-state index in [1.54, 1.807) is 0 Å². The summed E-state index contributed by atoms with van der Waals surface area (Å²) in [6, 6.07) is 0. The molecule has 0 fully saturated rings. The first kappa shape index (κ1) is 13.6. The zero-order chi connectivity index (χ0) is 8.73. The monoisotopic (exact) mass is 370 g/mol. The molecule has 0 aromatic rings. The van der Waals surface area contributed by atoms with Gasteiger partial charge in [-0.05, 0) is 0 Å². The van der Waals surface area contributed by atoms with Gasteiger partial charge in [-0.1, -0.05) is 0 Å². The maximum atomic E-state index is 9.10. The van der Waals surface area contributed by atoms with Gasteiger partial charge < -0.3 is 10.2 Å². The molecule has 0 aromatic carbocycles. The second-order valence-electron chi connectivity index (χ2n) is 0.721. The number of hydrogen-bond acceptors (Lipinski definition) is 2. The van der Waals surface area contributed by atoms with E-state index in [1.165, 1.54) is 0 Å². The molecule has 0 saturated heterocycles. The van der Waals surface area contributed by atoms with Crippen LogP contribution in [0, 0.1) is 26.7 Å². The molecule has 8 heteroatoms. The standard InChI is InChI=1S/C2H2O4.3ClH.Lu/c3-1(4)2(5)6;;;;/h(H,3,4)(H,5,6);3*1H;/q;;;;+3/p-3. The van der Waals surface area contributed by atoms with Crippen molar-refractivity contribution in [1.82, 2.24) is 0 Å². The van der Waals surface area contributed by atoms with Crippen LogP contribution in [0.3, 0.4) is 0 Å². The fraction of sp³-hybridized carbons (Fsp3) is 0. The molecule has 0 unspecified atom stereocenters. The van der Waals surface area contributed by atoms with E-state index in [2.05, 4.69) is 0 Å².